The van der Waals surface area contributed by atoms with Crippen molar-refractivity contribution in [3.63, 3.8) is 0 Å². The van der Waals surface area contributed by atoms with E-state index >= 15 is 8.78 Å². The van der Waals surface area contributed by atoms with Crippen molar-refractivity contribution >= 4 is 0 Å². The molecule has 1 aliphatic carbocycles. The molecule has 0 amide bonds. The molecule has 0 atom stereocenters. The van der Waals surface area contributed by atoms with Crippen LogP contribution in [0.3, 0.4) is 0 Å². The minimum Gasteiger partial charge on any atom is -0.453 e. The maximum absolute atomic E-state index is 15.8. The van der Waals surface area contributed by atoms with Crippen LogP contribution in [-0.4, -0.2) is 0 Å². The topological polar surface area (TPSA) is 9.23 Å². The minimum absolute atomic E-state index is 0.0238. The number of halogens is 6. The summed E-state index contributed by atoms with van der Waals surface area (Å²) in [4.78, 5) is 0. The van der Waals surface area contributed by atoms with Gasteiger partial charge in [0.25, 0.3) is 0 Å². The van der Waals surface area contributed by atoms with E-state index in [4.69, 9.17) is 4.74 Å². The Balaban J connectivity index is 1.61. The molecule has 0 aromatic heterocycles. The summed E-state index contributed by atoms with van der Waals surface area (Å²) in [5.74, 6) is -2.44. The number of aryl methyl sites for hydroxylation is 1. The molecule has 204 valence electrons. The van der Waals surface area contributed by atoms with Gasteiger partial charge in [0.2, 0.25) is 0 Å². The zero-order valence-corrected chi connectivity index (χ0v) is 21.6. The van der Waals surface area contributed by atoms with Gasteiger partial charge in [0.05, 0.1) is 5.56 Å². The first kappa shape index (κ1) is 28.1. The molecule has 0 N–H and O–H groups in total. The van der Waals surface area contributed by atoms with Crippen LogP contribution in [-0.2, 0) is 6.18 Å². The summed E-state index contributed by atoms with van der Waals surface area (Å²) >= 11 is 0. The van der Waals surface area contributed by atoms with Crippen molar-refractivity contribution in [3.8, 4) is 22.6 Å². The summed E-state index contributed by atoms with van der Waals surface area (Å²) in [6.45, 7) is 3.70. The molecule has 3 aromatic carbocycles. The van der Waals surface area contributed by atoms with Gasteiger partial charge in [0.15, 0.2) is 11.6 Å². The highest BCUT2D eigenvalue weighted by Gasteiger charge is 2.34. The van der Waals surface area contributed by atoms with E-state index in [1.165, 1.54) is 31.9 Å². The molecular formula is C31H32F6O. The van der Waals surface area contributed by atoms with Crippen molar-refractivity contribution in [1.29, 1.82) is 0 Å². The molecule has 1 saturated carbocycles. The summed E-state index contributed by atoms with van der Waals surface area (Å²) < 4.78 is 90.2. The number of hydrogen-bond acceptors (Lipinski definition) is 1. The molecule has 1 aliphatic rings. The van der Waals surface area contributed by atoms with Crippen molar-refractivity contribution in [2.45, 2.75) is 77.3 Å². The van der Waals surface area contributed by atoms with Gasteiger partial charge in [-0.25, -0.2) is 13.2 Å². The summed E-state index contributed by atoms with van der Waals surface area (Å²) in [6, 6.07) is 10.2. The Bertz CT molecular complexity index is 1260. The van der Waals surface area contributed by atoms with Crippen LogP contribution in [0.1, 0.15) is 80.9 Å². The van der Waals surface area contributed by atoms with Gasteiger partial charge in [-0.05, 0) is 79.8 Å². The highest BCUT2D eigenvalue weighted by Crippen LogP contribution is 2.44. The molecule has 0 saturated heterocycles. The molecule has 1 fully saturated rings. The molecule has 1 nitrogen and oxygen atoms in total. The van der Waals surface area contributed by atoms with Crippen LogP contribution in [0.5, 0.6) is 11.5 Å². The number of hydrogen-bond donors (Lipinski definition) is 0. The average molecular weight is 535 g/mol. The Labute approximate surface area is 219 Å². The fraction of sp³-hybridized carbons (Fsp3) is 0.419. The summed E-state index contributed by atoms with van der Waals surface area (Å²) in [5.41, 5.74) is -0.656. The molecule has 4 rings (SSSR count). The zero-order chi connectivity index (χ0) is 27.4. The van der Waals surface area contributed by atoms with E-state index in [-0.39, 0.29) is 39.7 Å². The molecule has 0 radical (unpaired) electrons. The third-order valence-electron chi connectivity index (χ3n) is 7.55. The van der Waals surface area contributed by atoms with Crippen LogP contribution in [0.25, 0.3) is 11.1 Å². The van der Waals surface area contributed by atoms with Gasteiger partial charge < -0.3 is 4.74 Å². The second kappa shape index (κ2) is 11.8. The van der Waals surface area contributed by atoms with Crippen LogP contribution in [0.2, 0.25) is 0 Å². The predicted molar refractivity (Wildman–Crippen MR) is 137 cm³/mol. The standard InChI is InChI=1S/C31H32F6O/c1-3-4-5-8-20-11-13-21(14-12-20)28-26(33)17-19(2)30(29(28)34)38-27-10-7-6-9-23(27)22-15-16-24(25(32)18-22)31(35,36)37/h6-7,9-10,15-18,20-21H,3-5,8,11-14H2,1-2H3. The number of benzene rings is 3. The van der Waals surface area contributed by atoms with Crippen molar-refractivity contribution < 1.29 is 31.1 Å². The van der Waals surface area contributed by atoms with E-state index in [9.17, 15) is 17.6 Å². The van der Waals surface area contributed by atoms with Gasteiger partial charge >= 0.3 is 6.18 Å². The summed E-state index contributed by atoms with van der Waals surface area (Å²) in [7, 11) is 0. The van der Waals surface area contributed by atoms with Crippen LogP contribution in [0, 0.1) is 30.3 Å². The quantitative estimate of drug-likeness (QED) is 0.206. The number of ether oxygens (including phenoxy) is 1. The van der Waals surface area contributed by atoms with Gasteiger partial charge in [-0.3, -0.25) is 0 Å². The average Bonchev–Trinajstić information content (AvgIpc) is 2.87. The Morgan fingerprint density at radius 1 is 0.868 bits per heavy atom. The fourth-order valence-electron chi connectivity index (χ4n) is 5.47. The van der Waals surface area contributed by atoms with E-state index in [0.29, 0.717) is 24.8 Å². The van der Waals surface area contributed by atoms with Crippen molar-refractivity contribution in [3.05, 3.63) is 82.7 Å². The molecular weight excluding hydrogens is 502 g/mol. The Kier molecular flexibility index (Phi) is 8.74. The van der Waals surface area contributed by atoms with Gasteiger partial charge in [-0.2, -0.15) is 13.2 Å². The number of rotatable bonds is 8. The predicted octanol–water partition coefficient (Wildman–Crippen LogP) is 10.7. The van der Waals surface area contributed by atoms with E-state index in [1.54, 1.807) is 18.2 Å². The normalized spacial score (nSPS) is 18.0. The fourth-order valence-corrected chi connectivity index (χ4v) is 5.47. The molecule has 0 heterocycles. The first-order chi connectivity index (χ1) is 18.1. The minimum atomic E-state index is -4.82. The van der Waals surface area contributed by atoms with Crippen LogP contribution in [0.4, 0.5) is 26.3 Å². The lowest BCUT2D eigenvalue weighted by molar-refractivity contribution is -0.139. The lowest BCUT2D eigenvalue weighted by Crippen LogP contribution is -2.16. The van der Waals surface area contributed by atoms with E-state index in [2.05, 4.69) is 6.92 Å². The maximum Gasteiger partial charge on any atom is 0.419 e. The summed E-state index contributed by atoms with van der Waals surface area (Å²) in [6.07, 6.45) is 3.13. The van der Waals surface area contributed by atoms with Crippen molar-refractivity contribution in [2.24, 2.45) is 5.92 Å². The first-order valence-electron chi connectivity index (χ1n) is 13.2. The Morgan fingerprint density at radius 2 is 1.58 bits per heavy atom. The van der Waals surface area contributed by atoms with Crippen LogP contribution in [0.15, 0.2) is 48.5 Å². The van der Waals surface area contributed by atoms with E-state index in [1.807, 2.05) is 0 Å². The third-order valence-corrected chi connectivity index (χ3v) is 7.55. The van der Waals surface area contributed by atoms with E-state index in [0.717, 1.165) is 37.8 Å². The molecule has 38 heavy (non-hydrogen) atoms. The Morgan fingerprint density at radius 3 is 2.24 bits per heavy atom. The van der Waals surface area contributed by atoms with Crippen molar-refractivity contribution in [1.82, 2.24) is 0 Å². The largest absolute Gasteiger partial charge is 0.453 e. The van der Waals surface area contributed by atoms with Gasteiger partial charge in [-0.15, -0.1) is 0 Å². The molecule has 0 aliphatic heterocycles. The highest BCUT2D eigenvalue weighted by atomic mass is 19.4. The van der Waals surface area contributed by atoms with Gasteiger partial charge in [0.1, 0.15) is 17.4 Å². The third kappa shape index (κ3) is 6.19. The SMILES string of the molecule is CCCCCC1CCC(c2c(F)cc(C)c(Oc3ccccc3-c3ccc(C(F)(F)F)c(F)c3)c2F)CC1. The van der Waals surface area contributed by atoms with Gasteiger partial charge in [0, 0.05) is 11.1 Å². The second-order valence-electron chi connectivity index (χ2n) is 10.2. The molecule has 0 unspecified atom stereocenters. The van der Waals surface area contributed by atoms with Crippen LogP contribution >= 0.6 is 0 Å². The second-order valence-corrected chi connectivity index (χ2v) is 10.2. The highest BCUT2D eigenvalue weighted by molar-refractivity contribution is 5.71. The number of unbranched alkanes of at least 4 members (excludes halogenated alkanes) is 2. The van der Waals surface area contributed by atoms with Gasteiger partial charge in [-0.1, -0.05) is 56.9 Å². The molecule has 3 aromatic rings. The number of para-hydroxylation sites is 1. The maximum atomic E-state index is 15.8. The molecule has 0 bridgehead atoms. The Hall–Kier alpha value is -2.96. The van der Waals surface area contributed by atoms with Crippen molar-refractivity contribution in [2.75, 3.05) is 0 Å². The lowest BCUT2D eigenvalue weighted by Gasteiger charge is -2.30. The monoisotopic (exact) mass is 534 g/mol. The first-order valence-corrected chi connectivity index (χ1v) is 13.2. The molecule has 0 spiro atoms. The number of alkyl halides is 3. The lowest BCUT2D eigenvalue weighted by atomic mass is 9.76. The molecule has 7 heteroatoms. The van der Waals surface area contributed by atoms with Crippen LogP contribution < -0.4 is 4.74 Å². The zero-order valence-electron chi connectivity index (χ0n) is 21.6. The summed E-state index contributed by atoms with van der Waals surface area (Å²) in [5, 5.41) is 0. The smallest absolute Gasteiger partial charge is 0.419 e. The van der Waals surface area contributed by atoms with E-state index < -0.39 is 29.2 Å².